The monoisotopic (exact) mass is 269 g/mol. The van der Waals surface area contributed by atoms with Gasteiger partial charge in [0, 0.05) is 5.69 Å². The molecular formula is C10H11ClF3NO2. The summed E-state index contributed by atoms with van der Waals surface area (Å²) in [5.74, 6) is -0.486. The Kier molecular flexibility index (Phi) is 5.81. The van der Waals surface area contributed by atoms with Gasteiger partial charge in [0.1, 0.15) is 6.54 Å². The summed E-state index contributed by atoms with van der Waals surface area (Å²) in [6, 6.07) is 4.40. The third-order valence-corrected chi connectivity index (χ3v) is 1.88. The maximum Gasteiger partial charge on any atom is 0.416 e. The van der Waals surface area contributed by atoms with E-state index in [1.807, 2.05) is 0 Å². The second-order valence-corrected chi connectivity index (χ2v) is 3.00. The van der Waals surface area contributed by atoms with E-state index >= 15 is 0 Å². The van der Waals surface area contributed by atoms with E-state index in [0.29, 0.717) is 5.69 Å². The van der Waals surface area contributed by atoms with Crippen molar-refractivity contribution >= 4 is 24.1 Å². The summed E-state index contributed by atoms with van der Waals surface area (Å²) in [7, 11) is 1.23. The van der Waals surface area contributed by atoms with E-state index in [9.17, 15) is 18.0 Å². The van der Waals surface area contributed by atoms with Gasteiger partial charge in [-0.15, -0.1) is 12.4 Å². The minimum Gasteiger partial charge on any atom is -0.468 e. The molecule has 17 heavy (non-hydrogen) atoms. The number of carbonyl (C=O) groups excluding carboxylic acids is 1. The van der Waals surface area contributed by atoms with E-state index in [0.717, 1.165) is 12.1 Å². The first-order valence-corrected chi connectivity index (χ1v) is 4.41. The zero-order chi connectivity index (χ0) is 12.2. The van der Waals surface area contributed by atoms with Gasteiger partial charge < -0.3 is 10.1 Å². The lowest BCUT2D eigenvalue weighted by atomic mass is 10.2. The topological polar surface area (TPSA) is 38.3 Å². The lowest BCUT2D eigenvalue weighted by molar-refractivity contribution is -0.139. The van der Waals surface area contributed by atoms with Crippen LogP contribution in [0.25, 0.3) is 0 Å². The van der Waals surface area contributed by atoms with Gasteiger partial charge in [0.15, 0.2) is 0 Å². The third-order valence-electron chi connectivity index (χ3n) is 1.88. The number of nitrogens with one attached hydrogen (secondary N) is 1. The molecule has 0 fully saturated rings. The molecule has 0 saturated heterocycles. The molecule has 0 atom stereocenters. The first-order chi connectivity index (χ1) is 7.43. The number of methoxy groups -OCH3 is 1. The number of rotatable bonds is 3. The Bertz CT molecular complexity index is 365. The van der Waals surface area contributed by atoms with E-state index in [-0.39, 0.29) is 19.0 Å². The normalized spacial score (nSPS) is 10.4. The summed E-state index contributed by atoms with van der Waals surface area (Å²) in [6.07, 6.45) is -4.35. The standard InChI is InChI=1S/C10H10F3NO2.ClH/c1-16-9(15)6-14-8-4-2-7(3-5-8)10(11,12)13;/h2-5,14H,6H2,1H3;1H. The molecule has 1 aromatic rings. The van der Waals surface area contributed by atoms with Gasteiger partial charge >= 0.3 is 12.1 Å². The molecule has 7 heteroatoms. The highest BCUT2D eigenvalue weighted by Gasteiger charge is 2.29. The Morgan fingerprint density at radius 2 is 1.82 bits per heavy atom. The highest BCUT2D eigenvalue weighted by atomic mass is 35.5. The summed E-state index contributed by atoms with van der Waals surface area (Å²) in [5.41, 5.74) is -0.297. The summed E-state index contributed by atoms with van der Waals surface area (Å²) in [5, 5.41) is 2.63. The Morgan fingerprint density at radius 1 is 1.29 bits per heavy atom. The van der Waals surface area contributed by atoms with Crippen molar-refractivity contribution in [3.8, 4) is 0 Å². The van der Waals surface area contributed by atoms with E-state index in [1.165, 1.54) is 19.2 Å². The Morgan fingerprint density at radius 3 is 2.24 bits per heavy atom. The SMILES string of the molecule is COC(=O)CNc1ccc(C(F)(F)F)cc1.Cl. The molecule has 0 aliphatic carbocycles. The molecule has 0 saturated carbocycles. The predicted octanol–water partition coefficient (Wildman–Crippen LogP) is 2.71. The predicted molar refractivity (Wildman–Crippen MR) is 59.2 cm³/mol. The summed E-state index contributed by atoms with van der Waals surface area (Å²) >= 11 is 0. The number of benzene rings is 1. The maximum atomic E-state index is 12.2. The van der Waals surface area contributed by atoms with E-state index < -0.39 is 17.7 Å². The first-order valence-electron chi connectivity index (χ1n) is 4.41. The van der Waals surface area contributed by atoms with Gasteiger partial charge in [-0.05, 0) is 24.3 Å². The quantitative estimate of drug-likeness (QED) is 0.858. The van der Waals surface area contributed by atoms with Crippen LogP contribution < -0.4 is 5.32 Å². The smallest absolute Gasteiger partial charge is 0.416 e. The van der Waals surface area contributed by atoms with Crippen molar-refractivity contribution in [3.63, 3.8) is 0 Å². The van der Waals surface area contributed by atoms with Crippen LogP contribution in [0.3, 0.4) is 0 Å². The van der Waals surface area contributed by atoms with Gasteiger partial charge in [-0.25, -0.2) is 0 Å². The van der Waals surface area contributed by atoms with Crippen LogP contribution in [0.5, 0.6) is 0 Å². The van der Waals surface area contributed by atoms with Crippen molar-refractivity contribution < 1.29 is 22.7 Å². The Balaban J connectivity index is 0.00000256. The zero-order valence-corrected chi connectivity index (χ0v) is 9.69. The van der Waals surface area contributed by atoms with Crippen molar-refractivity contribution in [2.24, 2.45) is 0 Å². The molecule has 96 valence electrons. The molecule has 0 heterocycles. The highest BCUT2D eigenvalue weighted by Crippen LogP contribution is 2.29. The lowest BCUT2D eigenvalue weighted by Gasteiger charge is -2.08. The molecule has 0 aliphatic heterocycles. The van der Waals surface area contributed by atoms with Crippen LogP contribution in [0.15, 0.2) is 24.3 Å². The molecular weight excluding hydrogens is 259 g/mol. The van der Waals surface area contributed by atoms with Crippen LogP contribution in [0.2, 0.25) is 0 Å². The minimum atomic E-state index is -4.35. The number of esters is 1. The molecule has 1 aromatic carbocycles. The first kappa shape index (κ1) is 15.6. The number of alkyl halides is 3. The van der Waals surface area contributed by atoms with Crippen molar-refractivity contribution in [2.45, 2.75) is 6.18 Å². The highest BCUT2D eigenvalue weighted by molar-refractivity contribution is 5.85. The number of hydrogen-bond donors (Lipinski definition) is 1. The van der Waals surface area contributed by atoms with Gasteiger partial charge in [0.05, 0.1) is 12.7 Å². The lowest BCUT2D eigenvalue weighted by Crippen LogP contribution is -2.15. The van der Waals surface area contributed by atoms with Crippen molar-refractivity contribution in [1.29, 1.82) is 0 Å². The van der Waals surface area contributed by atoms with Crippen LogP contribution in [0.4, 0.5) is 18.9 Å². The second-order valence-electron chi connectivity index (χ2n) is 3.00. The molecule has 0 unspecified atom stereocenters. The second kappa shape index (κ2) is 6.34. The van der Waals surface area contributed by atoms with Crippen LogP contribution in [0.1, 0.15) is 5.56 Å². The molecule has 1 rings (SSSR count). The Labute approximate surface area is 102 Å². The van der Waals surface area contributed by atoms with Crippen molar-refractivity contribution in [1.82, 2.24) is 0 Å². The van der Waals surface area contributed by atoms with Gasteiger partial charge in [-0.1, -0.05) is 0 Å². The van der Waals surface area contributed by atoms with Gasteiger partial charge in [0.25, 0.3) is 0 Å². The van der Waals surface area contributed by atoms with Crippen molar-refractivity contribution in [2.75, 3.05) is 19.0 Å². The molecule has 0 aliphatic rings. The number of hydrogen-bond acceptors (Lipinski definition) is 3. The number of ether oxygens (including phenoxy) is 1. The number of carbonyl (C=O) groups is 1. The number of anilines is 1. The van der Waals surface area contributed by atoms with E-state index in [4.69, 9.17) is 0 Å². The van der Waals surface area contributed by atoms with E-state index in [2.05, 4.69) is 10.1 Å². The minimum absolute atomic E-state index is 0. The van der Waals surface area contributed by atoms with Crippen LogP contribution in [-0.2, 0) is 15.7 Å². The van der Waals surface area contributed by atoms with Gasteiger partial charge in [-0.3, -0.25) is 4.79 Å². The van der Waals surface area contributed by atoms with Crippen LogP contribution in [-0.4, -0.2) is 19.6 Å². The number of halogens is 4. The molecule has 0 spiro atoms. The molecule has 0 amide bonds. The molecule has 0 aromatic heterocycles. The van der Waals surface area contributed by atoms with Crippen LogP contribution in [0, 0.1) is 0 Å². The van der Waals surface area contributed by atoms with Gasteiger partial charge in [-0.2, -0.15) is 13.2 Å². The third kappa shape index (κ3) is 4.95. The molecule has 0 radical (unpaired) electrons. The van der Waals surface area contributed by atoms with Crippen LogP contribution >= 0.6 is 12.4 Å². The fourth-order valence-corrected chi connectivity index (χ4v) is 1.02. The Hall–Kier alpha value is -1.43. The molecule has 3 nitrogen and oxygen atoms in total. The largest absolute Gasteiger partial charge is 0.468 e. The fraction of sp³-hybridized carbons (Fsp3) is 0.300. The van der Waals surface area contributed by atoms with Gasteiger partial charge in [0.2, 0.25) is 0 Å². The average Bonchev–Trinajstić information content (AvgIpc) is 2.25. The summed E-state index contributed by atoms with van der Waals surface area (Å²) in [6.45, 7) is -0.0815. The fourth-order valence-electron chi connectivity index (χ4n) is 1.02. The molecule has 0 bridgehead atoms. The van der Waals surface area contributed by atoms with Crippen molar-refractivity contribution in [3.05, 3.63) is 29.8 Å². The maximum absolute atomic E-state index is 12.2. The molecule has 1 N–H and O–H groups in total. The average molecular weight is 270 g/mol. The summed E-state index contributed by atoms with van der Waals surface area (Å²) in [4.78, 5) is 10.7. The zero-order valence-electron chi connectivity index (χ0n) is 8.88. The summed E-state index contributed by atoms with van der Waals surface area (Å²) < 4.78 is 40.9. The van der Waals surface area contributed by atoms with E-state index in [1.54, 1.807) is 0 Å².